The molecule has 4 aromatic rings. The van der Waals surface area contributed by atoms with Crippen LogP contribution in [0.2, 0.25) is 0 Å². The van der Waals surface area contributed by atoms with E-state index in [1.807, 2.05) is 36.6 Å². The number of nitrogens with zero attached hydrogens (tertiary/aromatic N) is 5. The van der Waals surface area contributed by atoms with Gasteiger partial charge < -0.3 is 10.6 Å². The first-order valence-electron chi connectivity index (χ1n) is 9.93. The van der Waals surface area contributed by atoms with Crippen molar-refractivity contribution in [3.05, 3.63) is 76.8 Å². The SMILES string of the molecule is CC(=O)N(c1cccc(C)c1)c1nc(CSc2nnc(COc3ccccc3F)n2N)cs1. The van der Waals surface area contributed by atoms with E-state index in [-0.39, 0.29) is 18.3 Å². The number of rotatable bonds is 8. The Labute approximate surface area is 198 Å². The summed E-state index contributed by atoms with van der Waals surface area (Å²) in [7, 11) is 0. The van der Waals surface area contributed by atoms with Gasteiger partial charge in [0.1, 0.15) is 6.61 Å². The van der Waals surface area contributed by atoms with Gasteiger partial charge >= 0.3 is 0 Å². The first kappa shape index (κ1) is 22.7. The number of anilines is 2. The second-order valence-electron chi connectivity index (χ2n) is 7.09. The summed E-state index contributed by atoms with van der Waals surface area (Å²) in [6, 6.07) is 13.8. The van der Waals surface area contributed by atoms with Crippen molar-refractivity contribution in [2.75, 3.05) is 10.7 Å². The summed E-state index contributed by atoms with van der Waals surface area (Å²) in [5.74, 6) is 6.47. The van der Waals surface area contributed by atoms with Crippen LogP contribution >= 0.6 is 23.1 Å². The molecule has 0 aliphatic rings. The molecular weight excluding hydrogens is 463 g/mol. The Morgan fingerprint density at radius 2 is 2.06 bits per heavy atom. The molecule has 0 unspecified atom stereocenters. The van der Waals surface area contributed by atoms with E-state index in [9.17, 15) is 9.18 Å². The van der Waals surface area contributed by atoms with Crippen molar-refractivity contribution in [1.29, 1.82) is 0 Å². The maximum Gasteiger partial charge on any atom is 0.230 e. The first-order chi connectivity index (χ1) is 15.9. The van der Waals surface area contributed by atoms with Crippen molar-refractivity contribution in [2.24, 2.45) is 0 Å². The third-order valence-corrected chi connectivity index (χ3v) is 6.43. The molecule has 0 saturated carbocycles. The van der Waals surface area contributed by atoms with E-state index < -0.39 is 5.82 Å². The summed E-state index contributed by atoms with van der Waals surface area (Å²) in [5, 5.41) is 11.1. The fourth-order valence-corrected chi connectivity index (χ4v) is 4.77. The minimum absolute atomic E-state index is 0.0179. The van der Waals surface area contributed by atoms with Crippen molar-refractivity contribution >= 4 is 39.8 Å². The summed E-state index contributed by atoms with van der Waals surface area (Å²) in [6.07, 6.45) is 0. The standard InChI is InChI=1S/C22H21FN6O2S2/c1-14-6-5-7-17(10-14)28(15(2)30)21-25-16(12-32-21)13-33-22-27-26-20(29(22)24)11-31-19-9-4-3-8-18(19)23/h3-10,12H,11,13,24H2,1-2H3. The van der Waals surface area contributed by atoms with Gasteiger partial charge in [0.15, 0.2) is 22.5 Å². The van der Waals surface area contributed by atoms with Gasteiger partial charge in [-0.3, -0.25) is 9.69 Å². The summed E-state index contributed by atoms with van der Waals surface area (Å²) in [6.45, 7) is 3.47. The lowest BCUT2D eigenvalue weighted by atomic mass is 10.2. The number of aromatic nitrogens is 4. The highest BCUT2D eigenvalue weighted by Gasteiger charge is 2.19. The average molecular weight is 485 g/mol. The number of hydrogen-bond donors (Lipinski definition) is 1. The average Bonchev–Trinajstić information content (AvgIpc) is 3.38. The number of amides is 1. The molecule has 0 atom stereocenters. The lowest BCUT2D eigenvalue weighted by molar-refractivity contribution is -0.115. The number of carbonyl (C=O) groups excluding carboxylic acids is 1. The Morgan fingerprint density at radius 1 is 1.24 bits per heavy atom. The number of aryl methyl sites for hydroxylation is 1. The minimum Gasteiger partial charge on any atom is -0.482 e. The Morgan fingerprint density at radius 3 is 2.82 bits per heavy atom. The number of nitrogens with two attached hydrogens (primary N) is 1. The summed E-state index contributed by atoms with van der Waals surface area (Å²) in [5.41, 5.74) is 2.62. The Balaban J connectivity index is 1.41. The maximum absolute atomic E-state index is 13.7. The molecule has 1 amide bonds. The highest BCUT2D eigenvalue weighted by atomic mass is 32.2. The van der Waals surface area contributed by atoms with Crippen LogP contribution in [0.1, 0.15) is 24.0 Å². The van der Waals surface area contributed by atoms with Crippen LogP contribution in [0.3, 0.4) is 0 Å². The lowest BCUT2D eigenvalue weighted by Crippen LogP contribution is -2.22. The van der Waals surface area contributed by atoms with Gasteiger partial charge in [0, 0.05) is 18.1 Å². The second kappa shape index (κ2) is 10.0. The molecule has 11 heteroatoms. The number of thiazole rings is 1. The molecule has 0 saturated heterocycles. The zero-order chi connectivity index (χ0) is 23.4. The molecule has 0 fully saturated rings. The second-order valence-corrected chi connectivity index (χ2v) is 8.87. The zero-order valence-corrected chi connectivity index (χ0v) is 19.6. The molecule has 33 heavy (non-hydrogen) atoms. The smallest absolute Gasteiger partial charge is 0.230 e. The first-order valence-corrected chi connectivity index (χ1v) is 11.8. The van der Waals surface area contributed by atoms with Crippen LogP contribution in [-0.2, 0) is 17.2 Å². The van der Waals surface area contributed by atoms with E-state index in [1.165, 1.54) is 46.8 Å². The third kappa shape index (κ3) is 5.32. The van der Waals surface area contributed by atoms with Gasteiger partial charge in [-0.1, -0.05) is 36.0 Å². The number of thioether (sulfide) groups is 1. The molecule has 2 N–H and O–H groups in total. The van der Waals surface area contributed by atoms with Gasteiger partial charge in [0.05, 0.1) is 11.4 Å². The quantitative estimate of drug-likeness (QED) is 0.291. The Hall–Kier alpha value is -3.44. The van der Waals surface area contributed by atoms with Crippen molar-refractivity contribution in [1.82, 2.24) is 19.9 Å². The van der Waals surface area contributed by atoms with Crippen molar-refractivity contribution < 1.29 is 13.9 Å². The van der Waals surface area contributed by atoms with Crippen LogP contribution in [0, 0.1) is 12.7 Å². The predicted molar refractivity (Wildman–Crippen MR) is 127 cm³/mol. The molecule has 4 rings (SSSR count). The number of benzene rings is 2. The van der Waals surface area contributed by atoms with Crippen LogP contribution in [-0.4, -0.2) is 25.8 Å². The van der Waals surface area contributed by atoms with E-state index in [2.05, 4.69) is 15.2 Å². The number of ether oxygens (including phenoxy) is 1. The van der Waals surface area contributed by atoms with Crippen LogP contribution in [0.5, 0.6) is 5.75 Å². The third-order valence-electron chi connectivity index (χ3n) is 4.58. The van der Waals surface area contributed by atoms with E-state index in [4.69, 9.17) is 10.6 Å². The number of nitrogen functional groups attached to an aromatic ring is 1. The predicted octanol–water partition coefficient (Wildman–Crippen LogP) is 4.45. The van der Waals surface area contributed by atoms with Crippen LogP contribution in [0.4, 0.5) is 15.2 Å². The van der Waals surface area contributed by atoms with E-state index in [0.29, 0.717) is 21.9 Å². The Bertz CT molecular complexity index is 1280. The van der Waals surface area contributed by atoms with Gasteiger partial charge in [-0.25, -0.2) is 14.1 Å². The summed E-state index contributed by atoms with van der Waals surface area (Å²) < 4.78 is 20.5. The normalized spacial score (nSPS) is 10.9. The molecule has 2 aromatic heterocycles. The summed E-state index contributed by atoms with van der Waals surface area (Å²) in [4.78, 5) is 18.5. The molecular formula is C22H21FN6O2S2. The number of para-hydroxylation sites is 1. The molecule has 0 bridgehead atoms. The van der Waals surface area contributed by atoms with Crippen molar-refractivity contribution in [2.45, 2.75) is 31.4 Å². The zero-order valence-electron chi connectivity index (χ0n) is 17.9. The maximum atomic E-state index is 13.7. The molecule has 2 heterocycles. The van der Waals surface area contributed by atoms with Gasteiger partial charge in [-0.15, -0.1) is 21.5 Å². The Kier molecular flexibility index (Phi) is 6.90. The fraction of sp³-hybridized carbons (Fsp3) is 0.182. The summed E-state index contributed by atoms with van der Waals surface area (Å²) >= 11 is 2.74. The van der Waals surface area contributed by atoms with Crippen molar-refractivity contribution in [3.8, 4) is 5.75 Å². The number of halogens is 1. The van der Waals surface area contributed by atoms with E-state index in [0.717, 1.165) is 16.9 Å². The van der Waals surface area contributed by atoms with E-state index >= 15 is 0 Å². The molecule has 8 nitrogen and oxygen atoms in total. The number of hydrogen-bond acceptors (Lipinski definition) is 8. The van der Waals surface area contributed by atoms with Crippen LogP contribution in [0.25, 0.3) is 0 Å². The highest BCUT2D eigenvalue weighted by Crippen LogP contribution is 2.31. The van der Waals surface area contributed by atoms with Gasteiger partial charge in [-0.2, -0.15) is 0 Å². The molecule has 0 radical (unpaired) electrons. The molecule has 0 spiro atoms. The molecule has 2 aromatic carbocycles. The monoisotopic (exact) mass is 484 g/mol. The fourth-order valence-electron chi connectivity index (χ4n) is 3.01. The lowest BCUT2D eigenvalue weighted by Gasteiger charge is -2.18. The minimum atomic E-state index is -0.459. The largest absolute Gasteiger partial charge is 0.482 e. The molecule has 0 aliphatic heterocycles. The highest BCUT2D eigenvalue weighted by molar-refractivity contribution is 7.98. The number of carbonyl (C=O) groups is 1. The van der Waals surface area contributed by atoms with Gasteiger partial charge in [-0.05, 0) is 36.8 Å². The van der Waals surface area contributed by atoms with Gasteiger partial charge in [0.2, 0.25) is 11.1 Å². The molecule has 170 valence electrons. The van der Waals surface area contributed by atoms with Crippen LogP contribution in [0.15, 0.2) is 59.1 Å². The van der Waals surface area contributed by atoms with E-state index in [1.54, 1.807) is 17.0 Å². The van der Waals surface area contributed by atoms with Gasteiger partial charge in [0.25, 0.3) is 0 Å². The topological polar surface area (TPSA) is 99.2 Å². The van der Waals surface area contributed by atoms with Crippen molar-refractivity contribution in [3.63, 3.8) is 0 Å². The van der Waals surface area contributed by atoms with Crippen LogP contribution < -0.4 is 15.5 Å². The molecule has 0 aliphatic carbocycles.